The minimum Gasteiger partial charge on any atom is -0.496 e. The van der Waals surface area contributed by atoms with E-state index < -0.39 is 12.2 Å². The Morgan fingerprint density at radius 1 is 1.06 bits per heavy atom. The number of rotatable bonds is 6. The van der Waals surface area contributed by atoms with Gasteiger partial charge in [0.2, 0.25) is 0 Å². The molecule has 1 aromatic carbocycles. The van der Waals surface area contributed by atoms with E-state index in [-0.39, 0.29) is 6.54 Å². The minimum absolute atomic E-state index is 0.0699. The summed E-state index contributed by atoms with van der Waals surface area (Å²) in [4.78, 5) is 0. The van der Waals surface area contributed by atoms with Crippen molar-refractivity contribution in [2.75, 3.05) is 27.9 Å². The van der Waals surface area contributed by atoms with Gasteiger partial charge in [0.1, 0.15) is 23.4 Å². The summed E-state index contributed by atoms with van der Waals surface area (Å²) in [6.45, 7) is -0.0699. The number of benzene rings is 1. The molecule has 0 aliphatic heterocycles. The van der Waals surface area contributed by atoms with Crippen LogP contribution < -0.4 is 19.9 Å². The van der Waals surface area contributed by atoms with Gasteiger partial charge in [0, 0.05) is 18.7 Å². The first-order valence-corrected chi connectivity index (χ1v) is 5.45. The molecule has 6 nitrogen and oxygen atoms in total. The summed E-state index contributed by atoms with van der Waals surface area (Å²) in [5.74, 6) is 1.26. The van der Waals surface area contributed by atoms with E-state index in [1.165, 1.54) is 21.3 Å². The number of methoxy groups -OCH3 is 3. The Labute approximate surface area is 106 Å². The molecule has 2 atom stereocenters. The first-order chi connectivity index (χ1) is 8.58. The zero-order valence-corrected chi connectivity index (χ0v) is 10.7. The molecule has 0 saturated carbocycles. The van der Waals surface area contributed by atoms with E-state index in [1.807, 2.05) is 0 Å². The summed E-state index contributed by atoms with van der Waals surface area (Å²) in [6.07, 6.45) is -2.29. The highest BCUT2D eigenvalue weighted by molar-refractivity contribution is 5.52. The van der Waals surface area contributed by atoms with Crippen LogP contribution in [0.2, 0.25) is 0 Å². The van der Waals surface area contributed by atoms with E-state index in [2.05, 4.69) is 0 Å². The second kappa shape index (κ2) is 6.44. The maximum Gasteiger partial charge on any atom is 0.132 e. The standard InChI is InChI=1S/C12H19NO5/c1-16-7-4-9(17-2)11(10(5-7)18-3)12(15)8(14)6-13/h4-5,8,12,14-15H,6,13H2,1-3H3. The van der Waals surface area contributed by atoms with Crippen molar-refractivity contribution in [1.29, 1.82) is 0 Å². The zero-order valence-electron chi connectivity index (χ0n) is 10.7. The van der Waals surface area contributed by atoms with Gasteiger partial charge in [0.25, 0.3) is 0 Å². The molecule has 0 aromatic heterocycles. The lowest BCUT2D eigenvalue weighted by Gasteiger charge is -2.22. The highest BCUT2D eigenvalue weighted by Crippen LogP contribution is 2.39. The van der Waals surface area contributed by atoms with Crippen molar-refractivity contribution in [3.63, 3.8) is 0 Å². The van der Waals surface area contributed by atoms with Gasteiger partial charge in [0.05, 0.1) is 33.0 Å². The van der Waals surface area contributed by atoms with Crippen LogP contribution in [0.25, 0.3) is 0 Å². The maximum atomic E-state index is 10.0. The number of aliphatic hydroxyl groups is 2. The molecule has 0 fully saturated rings. The van der Waals surface area contributed by atoms with Crippen molar-refractivity contribution in [3.8, 4) is 17.2 Å². The molecule has 1 rings (SSSR count). The van der Waals surface area contributed by atoms with E-state index in [1.54, 1.807) is 12.1 Å². The summed E-state index contributed by atoms with van der Waals surface area (Å²) in [5, 5.41) is 19.7. The van der Waals surface area contributed by atoms with E-state index >= 15 is 0 Å². The molecule has 1 aromatic rings. The summed E-state index contributed by atoms with van der Waals surface area (Å²) in [7, 11) is 4.43. The fourth-order valence-electron chi connectivity index (χ4n) is 1.65. The van der Waals surface area contributed by atoms with Gasteiger partial charge in [-0.25, -0.2) is 0 Å². The highest BCUT2D eigenvalue weighted by atomic mass is 16.5. The van der Waals surface area contributed by atoms with Gasteiger partial charge in [-0.3, -0.25) is 0 Å². The van der Waals surface area contributed by atoms with Crippen molar-refractivity contribution in [2.24, 2.45) is 5.73 Å². The molecule has 0 radical (unpaired) electrons. The molecule has 0 aliphatic rings. The van der Waals surface area contributed by atoms with Crippen LogP contribution in [0.3, 0.4) is 0 Å². The number of hydrogen-bond donors (Lipinski definition) is 3. The van der Waals surface area contributed by atoms with Gasteiger partial charge in [-0.1, -0.05) is 0 Å². The second-order valence-corrected chi connectivity index (χ2v) is 3.69. The second-order valence-electron chi connectivity index (χ2n) is 3.69. The number of ether oxygens (including phenoxy) is 3. The average molecular weight is 257 g/mol. The van der Waals surface area contributed by atoms with Gasteiger partial charge in [-0.05, 0) is 0 Å². The molecular weight excluding hydrogens is 238 g/mol. The average Bonchev–Trinajstić information content (AvgIpc) is 2.43. The number of hydrogen-bond acceptors (Lipinski definition) is 6. The molecule has 0 spiro atoms. The lowest BCUT2D eigenvalue weighted by atomic mass is 10.0. The Morgan fingerprint density at radius 2 is 1.56 bits per heavy atom. The fourth-order valence-corrected chi connectivity index (χ4v) is 1.65. The predicted molar refractivity (Wildman–Crippen MR) is 66.1 cm³/mol. The van der Waals surface area contributed by atoms with Crippen LogP contribution in [0.15, 0.2) is 12.1 Å². The molecule has 102 valence electrons. The van der Waals surface area contributed by atoms with Gasteiger partial charge in [0.15, 0.2) is 0 Å². The van der Waals surface area contributed by atoms with Gasteiger partial charge >= 0.3 is 0 Å². The van der Waals surface area contributed by atoms with E-state index in [0.29, 0.717) is 22.8 Å². The van der Waals surface area contributed by atoms with Gasteiger partial charge in [-0.15, -0.1) is 0 Å². The smallest absolute Gasteiger partial charge is 0.132 e. The first kappa shape index (κ1) is 14.6. The third-order valence-electron chi connectivity index (χ3n) is 2.65. The van der Waals surface area contributed by atoms with Crippen LogP contribution in [-0.2, 0) is 0 Å². The lowest BCUT2D eigenvalue weighted by Crippen LogP contribution is -2.27. The van der Waals surface area contributed by atoms with Crippen LogP contribution in [0, 0.1) is 0 Å². The van der Waals surface area contributed by atoms with Crippen molar-refractivity contribution < 1.29 is 24.4 Å². The molecule has 6 heteroatoms. The highest BCUT2D eigenvalue weighted by Gasteiger charge is 2.25. The Kier molecular flexibility index (Phi) is 5.21. The Hall–Kier alpha value is -1.50. The Morgan fingerprint density at radius 3 is 1.89 bits per heavy atom. The minimum atomic E-state index is -1.19. The molecule has 18 heavy (non-hydrogen) atoms. The van der Waals surface area contributed by atoms with Gasteiger partial charge in [-0.2, -0.15) is 0 Å². The quantitative estimate of drug-likeness (QED) is 0.667. The van der Waals surface area contributed by atoms with E-state index in [4.69, 9.17) is 19.9 Å². The topological polar surface area (TPSA) is 94.2 Å². The monoisotopic (exact) mass is 257 g/mol. The van der Waals surface area contributed by atoms with Crippen LogP contribution in [-0.4, -0.2) is 44.2 Å². The van der Waals surface area contributed by atoms with E-state index in [9.17, 15) is 10.2 Å². The Bertz CT molecular complexity index is 371. The molecule has 0 saturated heterocycles. The van der Waals surface area contributed by atoms with Crippen molar-refractivity contribution >= 4 is 0 Å². The van der Waals surface area contributed by atoms with Gasteiger partial charge < -0.3 is 30.2 Å². The summed E-state index contributed by atoms with van der Waals surface area (Å²) in [6, 6.07) is 3.20. The predicted octanol–water partition coefficient (Wildman–Crippen LogP) is 0.0654. The first-order valence-electron chi connectivity index (χ1n) is 5.45. The molecular formula is C12H19NO5. The molecule has 0 bridgehead atoms. The normalized spacial score (nSPS) is 13.9. The van der Waals surface area contributed by atoms with Crippen LogP contribution in [0.4, 0.5) is 0 Å². The SMILES string of the molecule is COc1cc(OC)c(C(O)C(O)CN)c(OC)c1. The fraction of sp³-hybridized carbons (Fsp3) is 0.500. The van der Waals surface area contributed by atoms with Crippen LogP contribution in [0.1, 0.15) is 11.7 Å². The van der Waals surface area contributed by atoms with Crippen molar-refractivity contribution in [1.82, 2.24) is 0 Å². The summed E-state index contributed by atoms with van der Waals surface area (Å²) in [5.41, 5.74) is 5.68. The van der Waals surface area contributed by atoms with E-state index in [0.717, 1.165) is 0 Å². The molecule has 0 aliphatic carbocycles. The Balaban J connectivity index is 3.30. The summed E-state index contributed by atoms with van der Waals surface area (Å²) < 4.78 is 15.4. The molecule has 2 unspecified atom stereocenters. The largest absolute Gasteiger partial charge is 0.496 e. The van der Waals surface area contributed by atoms with Crippen LogP contribution >= 0.6 is 0 Å². The zero-order chi connectivity index (χ0) is 13.7. The lowest BCUT2D eigenvalue weighted by molar-refractivity contribution is 0.0214. The maximum absolute atomic E-state index is 10.0. The van der Waals surface area contributed by atoms with Crippen molar-refractivity contribution in [3.05, 3.63) is 17.7 Å². The third-order valence-corrected chi connectivity index (χ3v) is 2.65. The molecule has 0 amide bonds. The van der Waals surface area contributed by atoms with Crippen molar-refractivity contribution in [2.45, 2.75) is 12.2 Å². The van der Waals surface area contributed by atoms with Crippen LogP contribution in [0.5, 0.6) is 17.2 Å². The number of aliphatic hydroxyl groups excluding tert-OH is 2. The molecule has 4 N–H and O–H groups in total. The summed E-state index contributed by atoms with van der Waals surface area (Å²) >= 11 is 0. The number of nitrogens with two attached hydrogens (primary N) is 1. The molecule has 0 heterocycles. The third kappa shape index (κ3) is 2.84.